The predicted octanol–water partition coefficient (Wildman–Crippen LogP) is 4.53. The van der Waals surface area contributed by atoms with Gasteiger partial charge in [0.15, 0.2) is 0 Å². The van der Waals surface area contributed by atoms with Gasteiger partial charge in [-0.1, -0.05) is 36.6 Å². The van der Waals surface area contributed by atoms with Crippen molar-refractivity contribution in [1.82, 2.24) is 15.1 Å². The van der Waals surface area contributed by atoms with E-state index in [0.29, 0.717) is 30.7 Å². The molecule has 1 aliphatic heterocycles. The highest BCUT2D eigenvalue weighted by Crippen LogP contribution is 2.48. The van der Waals surface area contributed by atoms with E-state index in [-0.39, 0.29) is 11.3 Å². The molecule has 5 nitrogen and oxygen atoms in total. The number of carbonyl (C=O) groups is 1. The van der Waals surface area contributed by atoms with E-state index < -0.39 is 0 Å². The number of aromatic nitrogens is 2. The van der Waals surface area contributed by atoms with Gasteiger partial charge in [0.25, 0.3) is 0 Å². The van der Waals surface area contributed by atoms with Gasteiger partial charge in [0.1, 0.15) is 0 Å². The first-order chi connectivity index (χ1) is 13.6. The van der Waals surface area contributed by atoms with Gasteiger partial charge in [-0.15, -0.1) is 10.2 Å². The van der Waals surface area contributed by atoms with Gasteiger partial charge < -0.3 is 9.32 Å². The average molecular weight is 400 g/mol. The Morgan fingerprint density at radius 2 is 2.00 bits per heavy atom. The van der Waals surface area contributed by atoms with E-state index in [1.54, 1.807) is 0 Å². The Labute approximate surface area is 170 Å². The van der Waals surface area contributed by atoms with Crippen molar-refractivity contribution in [1.29, 1.82) is 0 Å². The molecule has 1 aromatic carbocycles. The monoisotopic (exact) mass is 399 g/mol. The summed E-state index contributed by atoms with van der Waals surface area (Å²) in [6.07, 6.45) is 9.04. The zero-order valence-corrected chi connectivity index (χ0v) is 16.8. The average Bonchev–Trinajstić information content (AvgIpc) is 3.25. The Morgan fingerprint density at radius 3 is 2.71 bits per heavy atom. The Morgan fingerprint density at radius 1 is 1.18 bits per heavy atom. The molecule has 0 N–H and O–H groups in total. The fraction of sp³-hybridized carbons (Fsp3) is 0.591. The molecule has 2 aromatic rings. The number of carbonyl (C=O) groups excluding carboxylic acids is 1. The predicted molar refractivity (Wildman–Crippen MR) is 106 cm³/mol. The number of fused-ring (bicyclic) bond motifs is 2. The van der Waals surface area contributed by atoms with E-state index >= 15 is 0 Å². The quantitative estimate of drug-likeness (QED) is 0.741. The third kappa shape index (κ3) is 3.14. The van der Waals surface area contributed by atoms with Crippen LogP contribution in [0.3, 0.4) is 0 Å². The van der Waals surface area contributed by atoms with Gasteiger partial charge in [0.05, 0.1) is 5.41 Å². The molecule has 2 aliphatic carbocycles. The molecule has 5 rings (SSSR count). The van der Waals surface area contributed by atoms with Crippen LogP contribution in [0.2, 0.25) is 5.02 Å². The first kappa shape index (κ1) is 18.2. The third-order valence-corrected chi connectivity index (χ3v) is 7.26. The lowest BCUT2D eigenvalue weighted by atomic mass is 9.64. The number of amides is 1. The molecule has 6 heteroatoms. The third-order valence-electron chi connectivity index (χ3n) is 7.00. The molecular formula is C22H26ClN3O2. The number of halogens is 1. The largest absolute Gasteiger partial charge is 0.424 e. The Bertz CT molecular complexity index is 859. The SMILES string of the molecule is O=C(CCc1nnc(C2(c3ccc(Cl)cc3)CCC2)o1)N1C[C@@H]2CCC[C@H]1C2. The van der Waals surface area contributed by atoms with E-state index in [0.717, 1.165) is 43.2 Å². The molecule has 0 unspecified atom stereocenters. The molecule has 2 heterocycles. The number of aryl methyl sites for hydroxylation is 1. The maximum atomic E-state index is 12.7. The summed E-state index contributed by atoms with van der Waals surface area (Å²) in [4.78, 5) is 14.8. The van der Waals surface area contributed by atoms with Crippen molar-refractivity contribution in [2.75, 3.05) is 6.54 Å². The molecule has 2 atom stereocenters. The van der Waals surface area contributed by atoms with Gasteiger partial charge in [-0.25, -0.2) is 0 Å². The maximum absolute atomic E-state index is 12.7. The summed E-state index contributed by atoms with van der Waals surface area (Å²) < 4.78 is 6.05. The van der Waals surface area contributed by atoms with Crippen molar-refractivity contribution in [2.24, 2.45) is 5.92 Å². The summed E-state index contributed by atoms with van der Waals surface area (Å²) in [5, 5.41) is 9.35. The molecule has 3 fully saturated rings. The molecule has 2 bridgehead atoms. The van der Waals surface area contributed by atoms with Gasteiger partial charge in [0, 0.05) is 30.5 Å². The van der Waals surface area contributed by atoms with Crippen LogP contribution in [0.4, 0.5) is 0 Å². The maximum Gasteiger partial charge on any atom is 0.227 e. The summed E-state index contributed by atoms with van der Waals surface area (Å²) in [6, 6.07) is 8.41. The summed E-state index contributed by atoms with van der Waals surface area (Å²) in [6.45, 7) is 0.943. The minimum atomic E-state index is -0.189. The topological polar surface area (TPSA) is 59.2 Å². The van der Waals surface area contributed by atoms with Crippen LogP contribution in [0.25, 0.3) is 0 Å². The first-order valence-electron chi connectivity index (χ1n) is 10.5. The molecule has 148 valence electrons. The lowest BCUT2D eigenvalue weighted by molar-refractivity contribution is -0.132. The first-order valence-corrected chi connectivity index (χ1v) is 10.9. The van der Waals surface area contributed by atoms with Crippen molar-refractivity contribution >= 4 is 17.5 Å². The second-order valence-corrected chi connectivity index (χ2v) is 9.11. The molecule has 1 amide bonds. The standard InChI is InChI=1S/C22H26ClN3O2/c23-17-7-5-16(6-8-17)22(11-2-12-22)21-25-24-19(28-21)9-10-20(27)26-14-15-3-1-4-18(26)13-15/h5-8,15,18H,1-4,9-14H2/t15-,18+/m1/s1. The fourth-order valence-corrected chi connectivity index (χ4v) is 5.40. The molecule has 0 spiro atoms. The molecule has 3 aliphatic rings. The summed E-state index contributed by atoms with van der Waals surface area (Å²) >= 11 is 6.04. The number of hydrogen-bond donors (Lipinski definition) is 0. The number of likely N-dealkylation sites (tertiary alicyclic amines) is 1. The van der Waals surface area contributed by atoms with Gasteiger partial charge in [-0.2, -0.15) is 0 Å². The Hall–Kier alpha value is -1.88. The number of nitrogens with zero attached hydrogens (tertiary/aromatic N) is 3. The highest BCUT2D eigenvalue weighted by molar-refractivity contribution is 6.30. The number of benzene rings is 1. The zero-order valence-electron chi connectivity index (χ0n) is 16.1. The van der Waals surface area contributed by atoms with Crippen LogP contribution in [0, 0.1) is 5.92 Å². The molecule has 1 aromatic heterocycles. The lowest BCUT2D eigenvalue weighted by Crippen LogP contribution is -2.35. The van der Waals surface area contributed by atoms with E-state index in [4.69, 9.17) is 16.0 Å². The molecule has 2 saturated carbocycles. The highest BCUT2D eigenvalue weighted by Gasteiger charge is 2.45. The van der Waals surface area contributed by atoms with Crippen LogP contribution < -0.4 is 0 Å². The van der Waals surface area contributed by atoms with Crippen LogP contribution in [0.15, 0.2) is 28.7 Å². The smallest absolute Gasteiger partial charge is 0.227 e. The van der Waals surface area contributed by atoms with Gasteiger partial charge in [-0.05, 0) is 55.7 Å². The Kier molecular flexibility index (Phi) is 4.66. The van der Waals surface area contributed by atoms with Crippen LogP contribution in [-0.2, 0) is 16.6 Å². The molecule has 0 radical (unpaired) electrons. The minimum Gasteiger partial charge on any atom is -0.424 e. The molecular weight excluding hydrogens is 374 g/mol. The minimum absolute atomic E-state index is 0.189. The van der Waals surface area contributed by atoms with Crippen LogP contribution in [-0.4, -0.2) is 33.6 Å². The normalized spacial score (nSPS) is 25.5. The number of hydrogen-bond acceptors (Lipinski definition) is 4. The summed E-state index contributed by atoms with van der Waals surface area (Å²) in [5.74, 6) is 2.21. The van der Waals surface area contributed by atoms with Gasteiger partial charge in [0.2, 0.25) is 17.7 Å². The van der Waals surface area contributed by atoms with Crippen molar-refractivity contribution in [3.05, 3.63) is 46.6 Å². The van der Waals surface area contributed by atoms with Gasteiger partial charge in [-0.3, -0.25) is 4.79 Å². The van der Waals surface area contributed by atoms with Gasteiger partial charge >= 0.3 is 0 Å². The van der Waals surface area contributed by atoms with Crippen molar-refractivity contribution < 1.29 is 9.21 Å². The number of rotatable bonds is 5. The second kappa shape index (κ2) is 7.18. The van der Waals surface area contributed by atoms with E-state index in [1.165, 1.54) is 24.8 Å². The second-order valence-electron chi connectivity index (χ2n) is 8.68. The molecule has 28 heavy (non-hydrogen) atoms. The summed E-state index contributed by atoms with van der Waals surface area (Å²) in [7, 11) is 0. The van der Waals surface area contributed by atoms with E-state index in [9.17, 15) is 4.79 Å². The zero-order chi connectivity index (χ0) is 19.1. The van der Waals surface area contributed by atoms with Crippen LogP contribution >= 0.6 is 11.6 Å². The van der Waals surface area contributed by atoms with Crippen LogP contribution in [0.1, 0.15) is 68.7 Å². The summed E-state index contributed by atoms with van der Waals surface area (Å²) in [5.41, 5.74) is 0.991. The van der Waals surface area contributed by atoms with Crippen molar-refractivity contribution in [3.8, 4) is 0 Å². The van der Waals surface area contributed by atoms with Crippen LogP contribution in [0.5, 0.6) is 0 Å². The fourth-order valence-electron chi connectivity index (χ4n) is 5.27. The molecule has 1 saturated heterocycles. The van der Waals surface area contributed by atoms with E-state index in [2.05, 4.69) is 27.2 Å². The highest BCUT2D eigenvalue weighted by atomic mass is 35.5. The Balaban J connectivity index is 1.26. The van der Waals surface area contributed by atoms with E-state index in [1.807, 2.05) is 12.1 Å². The van der Waals surface area contributed by atoms with Crippen molar-refractivity contribution in [2.45, 2.75) is 69.2 Å². The van der Waals surface area contributed by atoms with Crippen molar-refractivity contribution in [3.63, 3.8) is 0 Å². The lowest BCUT2D eigenvalue weighted by Gasteiger charge is -2.39.